The van der Waals surface area contributed by atoms with E-state index in [4.69, 9.17) is 4.74 Å². The predicted molar refractivity (Wildman–Crippen MR) is 101 cm³/mol. The molecule has 25 heavy (non-hydrogen) atoms. The summed E-state index contributed by atoms with van der Waals surface area (Å²) in [5.41, 5.74) is 7.46. The van der Waals surface area contributed by atoms with Gasteiger partial charge in [-0.25, -0.2) is 4.39 Å². The van der Waals surface area contributed by atoms with E-state index in [1.54, 1.807) is 7.11 Å². The molecule has 0 N–H and O–H groups in total. The first-order valence-electron chi connectivity index (χ1n) is 8.52. The van der Waals surface area contributed by atoms with Crippen LogP contribution in [-0.2, 0) is 12.8 Å². The van der Waals surface area contributed by atoms with Crippen molar-refractivity contribution in [3.8, 4) is 5.75 Å². The fourth-order valence-electron chi connectivity index (χ4n) is 3.23. The van der Waals surface area contributed by atoms with Gasteiger partial charge in [0.2, 0.25) is 0 Å². The van der Waals surface area contributed by atoms with E-state index in [1.807, 2.05) is 18.2 Å². The second-order valence-corrected chi connectivity index (χ2v) is 6.50. The predicted octanol–water partition coefficient (Wildman–Crippen LogP) is 5.63. The fourth-order valence-corrected chi connectivity index (χ4v) is 3.23. The number of methoxy groups -OCH3 is 1. The molecule has 0 heterocycles. The monoisotopic (exact) mass is 334 g/mol. The summed E-state index contributed by atoms with van der Waals surface area (Å²) in [4.78, 5) is 0. The quantitative estimate of drug-likeness (QED) is 0.587. The first-order chi connectivity index (χ1) is 12.1. The Bertz CT molecular complexity index is 846. The number of ether oxygens (including phenoxy) is 1. The molecule has 0 saturated heterocycles. The smallest absolute Gasteiger partial charge is 0.123 e. The lowest BCUT2D eigenvalue weighted by Gasteiger charge is -2.13. The number of hydrogen-bond donors (Lipinski definition) is 0. The van der Waals surface area contributed by atoms with Gasteiger partial charge in [0.1, 0.15) is 11.6 Å². The molecular weight excluding hydrogens is 311 g/mol. The zero-order valence-corrected chi connectivity index (χ0v) is 15.0. The highest BCUT2D eigenvalue weighted by Gasteiger charge is 2.09. The Morgan fingerprint density at radius 2 is 1.44 bits per heavy atom. The van der Waals surface area contributed by atoms with Crippen LogP contribution in [0.5, 0.6) is 5.75 Å². The summed E-state index contributed by atoms with van der Waals surface area (Å²) in [6.07, 6.45) is 1.63. The van der Waals surface area contributed by atoms with Gasteiger partial charge >= 0.3 is 0 Å². The zero-order valence-electron chi connectivity index (χ0n) is 15.0. The second-order valence-electron chi connectivity index (χ2n) is 6.50. The number of aryl methyl sites for hydroxylation is 2. The van der Waals surface area contributed by atoms with E-state index in [-0.39, 0.29) is 5.82 Å². The molecule has 0 atom stereocenters. The van der Waals surface area contributed by atoms with Gasteiger partial charge in [0.15, 0.2) is 0 Å². The summed E-state index contributed by atoms with van der Waals surface area (Å²) in [7, 11) is 1.69. The zero-order chi connectivity index (χ0) is 17.8. The Kier molecular flexibility index (Phi) is 5.18. The van der Waals surface area contributed by atoms with Crippen molar-refractivity contribution in [2.24, 2.45) is 0 Å². The first kappa shape index (κ1) is 17.2. The highest BCUT2D eigenvalue weighted by Crippen LogP contribution is 2.26. The molecule has 0 spiro atoms. The van der Waals surface area contributed by atoms with Crippen LogP contribution in [0.15, 0.2) is 60.7 Å². The first-order valence-corrected chi connectivity index (χ1v) is 8.52. The standard InChI is InChI=1S/C23H23FO/c1-16-5-4-6-17(2)22(16)15-19-9-12-23(25-3)20(14-19)13-18-7-10-21(24)11-8-18/h4-12,14H,13,15H2,1-3H3. The molecule has 1 nitrogen and oxygen atoms in total. The maximum Gasteiger partial charge on any atom is 0.123 e. The SMILES string of the molecule is COc1ccc(Cc2c(C)cccc2C)cc1Cc1ccc(F)cc1. The maximum absolute atomic E-state index is 13.1. The molecule has 2 heteroatoms. The van der Waals surface area contributed by atoms with E-state index in [9.17, 15) is 4.39 Å². The van der Waals surface area contributed by atoms with Crippen LogP contribution in [0.3, 0.4) is 0 Å². The topological polar surface area (TPSA) is 9.23 Å². The van der Waals surface area contributed by atoms with E-state index in [2.05, 4.69) is 44.2 Å². The lowest BCUT2D eigenvalue weighted by Crippen LogP contribution is -1.99. The third-order valence-electron chi connectivity index (χ3n) is 4.68. The Labute approximate surface area is 149 Å². The van der Waals surface area contributed by atoms with Crippen molar-refractivity contribution >= 4 is 0 Å². The summed E-state index contributed by atoms with van der Waals surface area (Å²) in [6.45, 7) is 4.32. The van der Waals surface area contributed by atoms with Crippen LogP contribution in [0.25, 0.3) is 0 Å². The van der Waals surface area contributed by atoms with Gasteiger partial charge in [0, 0.05) is 6.42 Å². The molecule has 0 bridgehead atoms. The Hall–Kier alpha value is -2.61. The molecule has 0 aromatic heterocycles. The van der Waals surface area contributed by atoms with Gasteiger partial charge in [-0.2, -0.15) is 0 Å². The van der Waals surface area contributed by atoms with Gasteiger partial charge in [0.05, 0.1) is 7.11 Å². The van der Waals surface area contributed by atoms with Crippen molar-refractivity contribution < 1.29 is 9.13 Å². The molecule has 3 rings (SSSR count). The Balaban J connectivity index is 1.90. The van der Waals surface area contributed by atoms with Crippen molar-refractivity contribution in [2.75, 3.05) is 7.11 Å². The third kappa shape index (κ3) is 4.08. The lowest BCUT2D eigenvalue weighted by atomic mass is 9.94. The molecule has 0 aliphatic rings. The van der Waals surface area contributed by atoms with Crippen LogP contribution in [0.4, 0.5) is 4.39 Å². The maximum atomic E-state index is 13.1. The number of hydrogen-bond acceptors (Lipinski definition) is 1. The summed E-state index contributed by atoms with van der Waals surface area (Å²) in [5, 5.41) is 0. The van der Waals surface area contributed by atoms with Gasteiger partial charge in [-0.05, 0) is 71.8 Å². The van der Waals surface area contributed by atoms with Crippen LogP contribution < -0.4 is 4.74 Å². The minimum atomic E-state index is -0.209. The van der Waals surface area contributed by atoms with Gasteiger partial charge in [-0.3, -0.25) is 0 Å². The minimum Gasteiger partial charge on any atom is -0.496 e. The molecule has 3 aromatic rings. The number of rotatable bonds is 5. The minimum absolute atomic E-state index is 0.209. The molecule has 0 aliphatic carbocycles. The van der Waals surface area contributed by atoms with Crippen LogP contribution in [-0.4, -0.2) is 7.11 Å². The number of halogens is 1. The van der Waals surface area contributed by atoms with E-state index in [1.165, 1.54) is 34.4 Å². The average Bonchev–Trinajstić information content (AvgIpc) is 2.60. The van der Waals surface area contributed by atoms with E-state index in [0.717, 1.165) is 29.7 Å². The summed E-state index contributed by atoms with van der Waals surface area (Å²) >= 11 is 0. The highest BCUT2D eigenvalue weighted by molar-refractivity contribution is 5.44. The Morgan fingerprint density at radius 3 is 2.08 bits per heavy atom. The Morgan fingerprint density at radius 1 is 0.800 bits per heavy atom. The highest BCUT2D eigenvalue weighted by atomic mass is 19.1. The molecule has 0 saturated carbocycles. The van der Waals surface area contributed by atoms with Crippen molar-refractivity contribution in [2.45, 2.75) is 26.7 Å². The largest absolute Gasteiger partial charge is 0.496 e. The molecule has 0 fully saturated rings. The number of benzene rings is 3. The van der Waals surface area contributed by atoms with Gasteiger partial charge in [-0.1, -0.05) is 42.5 Å². The van der Waals surface area contributed by atoms with Crippen molar-refractivity contribution in [1.29, 1.82) is 0 Å². The van der Waals surface area contributed by atoms with Crippen LogP contribution >= 0.6 is 0 Å². The molecule has 3 aromatic carbocycles. The average molecular weight is 334 g/mol. The summed E-state index contributed by atoms with van der Waals surface area (Å²) in [5.74, 6) is 0.661. The van der Waals surface area contributed by atoms with Gasteiger partial charge in [0.25, 0.3) is 0 Å². The normalized spacial score (nSPS) is 10.7. The molecule has 0 aliphatic heterocycles. The van der Waals surface area contributed by atoms with Gasteiger partial charge < -0.3 is 4.74 Å². The second kappa shape index (κ2) is 7.52. The third-order valence-corrected chi connectivity index (χ3v) is 4.68. The summed E-state index contributed by atoms with van der Waals surface area (Å²) < 4.78 is 18.6. The molecule has 0 radical (unpaired) electrons. The lowest BCUT2D eigenvalue weighted by molar-refractivity contribution is 0.410. The van der Waals surface area contributed by atoms with Crippen molar-refractivity contribution in [1.82, 2.24) is 0 Å². The molecule has 128 valence electrons. The molecular formula is C23H23FO. The van der Waals surface area contributed by atoms with E-state index >= 15 is 0 Å². The van der Waals surface area contributed by atoms with Crippen LogP contribution in [0, 0.1) is 19.7 Å². The molecule has 0 unspecified atom stereocenters. The van der Waals surface area contributed by atoms with Crippen LogP contribution in [0.1, 0.15) is 33.4 Å². The van der Waals surface area contributed by atoms with Crippen LogP contribution in [0.2, 0.25) is 0 Å². The van der Waals surface area contributed by atoms with E-state index < -0.39 is 0 Å². The van der Waals surface area contributed by atoms with E-state index in [0.29, 0.717) is 0 Å². The summed E-state index contributed by atoms with van der Waals surface area (Å²) in [6, 6.07) is 19.4. The fraction of sp³-hybridized carbons (Fsp3) is 0.217. The van der Waals surface area contributed by atoms with Gasteiger partial charge in [-0.15, -0.1) is 0 Å². The van der Waals surface area contributed by atoms with Crippen molar-refractivity contribution in [3.63, 3.8) is 0 Å². The van der Waals surface area contributed by atoms with Crippen molar-refractivity contribution in [3.05, 3.63) is 99.9 Å². The molecule has 0 amide bonds.